The molecule has 2 atom stereocenters. The lowest BCUT2D eigenvalue weighted by Crippen LogP contribution is -2.20. The molecular formula is C12H19O10P. The number of carboxylic acid groups (broad SMARTS) is 2. The van der Waals surface area contributed by atoms with Crippen molar-refractivity contribution in [2.45, 2.75) is 32.6 Å². The Balaban J connectivity index is -0.000000573. The summed E-state index contributed by atoms with van der Waals surface area (Å²) in [5.41, 5.74) is 0. The number of carbonyl (C=O) groups is 2. The van der Waals surface area contributed by atoms with Gasteiger partial charge in [-0.3, -0.25) is 14.2 Å². The molecule has 0 heterocycles. The van der Waals surface area contributed by atoms with E-state index in [-0.39, 0.29) is 37.5 Å². The molecule has 23 heavy (non-hydrogen) atoms. The van der Waals surface area contributed by atoms with Crippen LogP contribution in [0.5, 0.6) is 0 Å². The predicted molar refractivity (Wildman–Crippen MR) is 72.5 cm³/mol. The molecule has 3 N–H and O–H groups in total. The molecule has 0 fully saturated rings. The summed E-state index contributed by atoms with van der Waals surface area (Å²) in [7, 11) is -3.45. The van der Waals surface area contributed by atoms with Crippen molar-refractivity contribution in [1.82, 2.24) is 0 Å². The first-order valence-corrected chi connectivity index (χ1v) is 8.38. The Labute approximate surface area is 131 Å². The van der Waals surface area contributed by atoms with Crippen LogP contribution in [0.15, 0.2) is 0 Å². The van der Waals surface area contributed by atoms with Crippen LogP contribution in [0.1, 0.15) is 32.6 Å². The van der Waals surface area contributed by atoms with E-state index in [1.807, 2.05) is 6.92 Å². The molecule has 0 amide bonds. The summed E-state index contributed by atoms with van der Waals surface area (Å²) in [5.74, 6) is -3.37. The average molecular weight is 354 g/mol. The molecule has 0 aromatic rings. The van der Waals surface area contributed by atoms with Crippen LogP contribution in [0, 0.1) is 5.92 Å². The zero-order chi connectivity index (χ0) is 18.9. The minimum absolute atomic E-state index is 0.0976. The summed E-state index contributed by atoms with van der Waals surface area (Å²) in [5, 5.41) is 17.3. The Morgan fingerprint density at radius 2 is 1.52 bits per heavy atom. The van der Waals surface area contributed by atoms with Gasteiger partial charge in [0.25, 0.3) is 0 Å². The van der Waals surface area contributed by atoms with Crippen LogP contribution in [-0.4, -0.2) is 51.7 Å². The van der Waals surface area contributed by atoms with Gasteiger partial charge < -0.3 is 15.1 Å². The van der Waals surface area contributed by atoms with Gasteiger partial charge in [-0.15, -0.1) is 0 Å². The molecule has 0 bridgehead atoms. The second-order valence-corrected chi connectivity index (χ2v) is 6.75. The third-order valence-electron chi connectivity index (χ3n) is 2.42. The molecule has 0 radical (unpaired) electrons. The topological polar surface area (TPSA) is 180 Å². The summed E-state index contributed by atoms with van der Waals surface area (Å²) in [6.45, 7) is 1.87. The first kappa shape index (κ1) is 25.8. The van der Waals surface area contributed by atoms with Gasteiger partial charge in [0.2, 0.25) is 7.37 Å². The average Bonchev–Trinajstić information content (AvgIpc) is 2.42. The standard InChI is InChI=1S/C10H19O6P.2CO2/c1-2-3-6-17(15,16)7-8(10(13)14)4-5-9(11)12;2*2-1-3/h8H,2-7H2,1H3,(H,11,12)(H,13,14)(H,15,16);;. The molecule has 0 spiro atoms. The normalized spacial score (nSPS) is 12.6. The van der Waals surface area contributed by atoms with Crippen LogP contribution in [-0.2, 0) is 33.3 Å². The first-order chi connectivity index (χ1) is 10.6. The van der Waals surface area contributed by atoms with E-state index in [2.05, 4.69) is 0 Å². The minimum atomic E-state index is -3.45. The minimum Gasteiger partial charge on any atom is -0.481 e. The summed E-state index contributed by atoms with van der Waals surface area (Å²) < 4.78 is 11.7. The van der Waals surface area contributed by atoms with Crippen LogP contribution in [0.25, 0.3) is 0 Å². The van der Waals surface area contributed by atoms with Gasteiger partial charge in [0, 0.05) is 18.7 Å². The van der Waals surface area contributed by atoms with Gasteiger partial charge in [0.15, 0.2) is 0 Å². The van der Waals surface area contributed by atoms with Gasteiger partial charge in [-0.25, -0.2) is 0 Å². The second-order valence-electron chi connectivity index (χ2n) is 4.24. The van der Waals surface area contributed by atoms with Gasteiger partial charge in [-0.05, 0) is 12.8 Å². The van der Waals surface area contributed by atoms with E-state index in [1.165, 1.54) is 0 Å². The lowest BCUT2D eigenvalue weighted by molar-refractivity contribution is -0.193. The summed E-state index contributed by atoms with van der Waals surface area (Å²) in [6, 6.07) is 0. The number of carboxylic acids is 2. The highest BCUT2D eigenvalue weighted by Crippen LogP contribution is 2.44. The molecule has 0 saturated heterocycles. The van der Waals surface area contributed by atoms with E-state index in [4.69, 9.17) is 29.4 Å². The fraction of sp³-hybridized carbons (Fsp3) is 0.667. The van der Waals surface area contributed by atoms with Gasteiger partial charge in [-0.1, -0.05) is 13.3 Å². The number of hydrogen-bond donors (Lipinski definition) is 3. The third kappa shape index (κ3) is 22.3. The molecule has 132 valence electrons. The molecule has 0 saturated carbocycles. The van der Waals surface area contributed by atoms with E-state index in [0.29, 0.717) is 6.42 Å². The number of hydrogen-bond acceptors (Lipinski definition) is 7. The van der Waals surface area contributed by atoms with E-state index in [9.17, 15) is 19.0 Å². The molecule has 0 aromatic heterocycles. The first-order valence-electron chi connectivity index (χ1n) is 6.35. The van der Waals surface area contributed by atoms with Crippen LogP contribution in [0.2, 0.25) is 0 Å². The van der Waals surface area contributed by atoms with Gasteiger partial charge in [-0.2, -0.15) is 19.2 Å². The molecule has 2 unspecified atom stereocenters. The maximum atomic E-state index is 11.7. The smallest absolute Gasteiger partial charge is 0.373 e. The predicted octanol–water partition coefficient (Wildman–Crippen LogP) is 0.455. The van der Waals surface area contributed by atoms with Gasteiger partial charge in [0.05, 0.1) is 5.92 Å². The van der Waals surface area contributed by atoms with Crippen molar-refractivity contribution in [1.29, 1.82) is 0 Å². The molecule has 0 aliphatic rings. The van der Waals surface area contributed by atoms with Crippen molar-refractivity contribution in [2.24, 2.45) is 5.92 Å². The molecule has 0 aliphatic carbocycles. The fourth-order valence-corrected chi connectivity index (χ4v) is 3.45. The van der Waals surface area contributed by atoms with Crippen molar-refractivity contribution < 1.29 is 48.4 Å². The van der Waals surface area contributed by atoms with E-state index in [1.54, 1.807) is 0 Å². The van der Waals surface area contributed by atoms with E-state index < -0.39 is 25.2 Å². The van der Waals surface area contributed by atoms with Crippen molar-refractivity contribution in [3.05, 3.63) is 0 Å². The Hall–Kier alpha value is -2.11. The SMILES string of the molecule is CCCCP(=O)(O)CC(CCC(=O)O)C(=O)O.O=C=O.O=C=O. The highest BCUT2D eigenvalue weighted by Gasteiger charge is 2.28. The molecule has 10 nitrogen and oxygen atoms in total. The zero-order valence-electron chi connectivity index (χ0n) is 12.5. The number of rotatable bonds is 9. The van der Waals surface area contributed by atoms with Crippen molar-refractivity contribution in [2.75, 3.05) is 12.3 Å². The second kappa shape index (κ2) is 16.3. The largest absolute Gasteiger partial charge is 0.481 e. The Morgan fingerprint density at radius 1 is 1.09 bits per heavy atom. The fourth-order valence-electron chi connectivity index (χ4n) is 1.43. The van der Waals surface area contributed by atoms with Crippen molar-refractivity contribution >= 4 is 31.6 Å². The Bertz CT molecular complexity index is 448. The van der Waals surface area contributed by atoms with Gasteiger partial charge >= 0.3 is 24.2 Å². The molecule has 0 rings (SSSR count). The zero-order valence-corrected chi connectivity index (χ0v) is 13.4. The Morgan fingerprint density at radius 3 is 1.83 bits per heavy atom. The van der Waals surface area contributed by atoms with E-state index in [0.717, 1.165) is 6.42 Å². The maximum absolute atomic E-state index is 11.7. The number of carbonyl (C=O) groups excluding carboxylic acids is 4. The quantitative estimate of drug-likeness (QED) is 0.492. The van der Waals surface area contributed by atoms with Crippen LogP contribution < -0.4 is 0 Å². The number of aliphatic carboxylic acids is 2. The van der Waals surface area contributed by atoms with Crippen molar-refractivity contribution in [3.63, 3.8) is 0 Å². The summed E-state index contributed by atoms with van der Waals surface area (Å²) in [4.78, 5) is 63.3. The highest BCUT2D eigenvalue weighted by molar-refractivity contribution is 7.58. The maximum Gasteiger partial charge on any atom is 0.373 e. The lowest BCUT2D eigenvalue weighted by atomic mass is 10.1. The number of unbranched alkanes of at least 4 members (excludes halogenated alkanes) is 1. The van der Waals surface area contributed by atoms with Crippen LogP contribution in [0.3, 0.4) is 0 Å². The van der Waals surface area contributed by atoms with Crippen LogP contribution >= 0.6 is 7.37 Å². The third-order valence-corrected chi connectivity index (χ3v) is 4.45. The highest BCUT2D eigenvalue weighted by atomic mass is 31.2. The van der Waals surface area contributed by atoms with Crippen LogP contribution in [0.4, 0.5) is 0 Å². The molecule has 0 aliphatic heterocycles. The molecular weight excluding hydrogens is 335 g/mol. The van der Waals surface area contributed by atoms with Gasteiger partial charge in [0.1, 0.15) is 0 Å². The lowest BCUT2D eigenvalue weighted by Gasteiger charge is -2.16. The summed E-state index contributed by atoms with van der Waals surface area (Å²) in [6.07, 6.45) is 1.18. The molecule has 0 aromatic carbocycles. The Kier molecular flexibility index (Phi) is 18.3. The van der Waals surface area contributed by atoms with E-state index >= 15 is 0 Å². The monoisotopic (exact) mass is 354 g/mol. The van der Waals surface area contributed by atoms with Crippen molar-refractivity contribution in [3.8, 4) is 0 Å². The molecule has 11 heteroatoms. The summed E-state index contributed by atoms with van der Waals surface area (Å²) >= 11 is 0.